The molecule has 1 N–H and O–H groups in total. The van der Waals surface area contributed by atoms with Gasteiger partial charge in [-0.2, -0.15) is 4.98 Å². The Morgan fingerprint density at radius 1 is 0.892 bits per heavy atom. The molecule has 0 spiro atoms. The van der Waals surface area contributed by atoms with Crippen LogP contribution in [0.3, 0.4) is 0 Å². The summed E-state index contributed by atoms with van der Waals surface area (Å²) < 4.78 is 22.6. The SMILES string of the molecule is COc1ccc(Oc2ncc(NC3CCN(CC4C=CC=CC4)C3)c(Oc3ccc(OC)cc3)n2)cc1. The Kier molecular flexibility index (Phi) is 7.86. The maximum Gasteiger partial charge on any atom is 0.325 e. The number of aromatic nitrogens is 2. The fraction of sp³-hybridized carbons (Fsp3) is 0.310. The molecule has 2 aromatic carbocycles. The van der Waals surface area contributed by atoms with Crippen molar-refractivity contribution in [3.05, 3.63) is 79.0 Å². The minimum absolute atomic E-state index is 0.199. The van der Waals surface area contributed by atoms with Crippen LogP contribution in [0.4, 0.5) is 5.69 Å². The highest BCUT2D eigenvalue weighted by molar-refractivity contribution is 5.54. The molecule has 8 heteroatoms. The molecule has 1 aliphatic heterocycles. The van der Waals surface area contributed by atoms with Gasteiger partial charge in [-0.05, 0) is 67.3 Å². The van der Waals surface area contributed by atoms with Crippen molar-refractivity contribution >= 4 is 5.69 Å². The van der Waals surface area contributed by atoms with Crippen molar-refractivity contribution in [3.8, 4) is 34.9 Å². The number of nitrogens with zero attached hydrogens (tertiary/aromatic N) is 3. The third-order valence-corrected chi connectivity index (χ3v) is 6.47. The number of anilines is 1. The van der Waals surface area contributed by atoms with Crippen LogP contribution in [0.25, 0.3) is 0 Å². The Morgan fingerprint density at radius 2 is 1.57 bits per heavy atom. The van der Waals surface area contributed by atoms with Gasteiger partial charge in [-0.25, -0.2) is 4.98 Å². The smallest absolute Gasteiger partial charge is 0.325 e. The van der Waals surface area contributed by atoms with Gasteiger partial charge in [0.25, 0.3) is 0 Å². The zero-order valence-corrected chi connectivity index (χ0v) is 21.2. The van der Waals surface area contributed by atoms with E-state index in [9.17, 15) is 0 Å². The second kappa shape index (κ2) is 11.8. The van der Waals surface area contributed by atoms with E-state index in [1.54, 1.807) is 20.4 Å². The molecular formula is C29H32N4O4. The zero-order chi connectivity index (χ0) is 25.5. The minimum Gasteiger partial charge on any atom is -0.497 e. The van der Waals surface area contributed by atoms with Gasteiger partial charge >= 0.3 is 6.01 Å². The topological polar surface area (TPSA) is 78.0 Å². The number of allylic oxidation sites excluding steroid dienone is 3. The summed E-state index contributed by atoms with van der Waals surface area (Å²) in [6.45, 7) is 3.08. The lowest BCUT2D eigenvalue weighted by Crippen LogP contribution is -2.30. The highest BCUT2D eigenvalue weighted by atomic mass is 16.5. The lowest BCUT2D eigenvalue weighted by molar-refractivity contribution is 0.300. The summed E-state index contributed by atoms with van der Waals surface area (Å²) in [5, 5.41) is 3.61. The standard InChI is InChI=1S/C29H32N4O4/c1-34-23-8-12-25(13-9-23)36-28-27(18-30-29(32-28)37-26-14-10-24(35-2)11-15-26)31-22-16-17-33(20-22)19-21-6-4-3-5-7-21/h3-6,8-15,18,21-22,31H,7,16-17,19-20H2,1-2H3. The molecule has 0 saturated carbocycles. The number of hydrogen-bond donors (Lipinski definition) is 1. The van der Waals surface area contributed by atoms with Crippen molar-refractivity contribution in [2.75, 3.05) is 39.2 Å². The lowest BCUT2D eigenvalue weighted by Gasteiger charge is -2.22. The summed E-state index contributed by atoms with van der Waals surface area (Å²) >= 11 is 0. The summed E-state index contributed by atoms with van der Waals surface area (Å²) in [6.07, 6.45) is 12.7. The quantitative estimate of drug-likeness (QED) is 0.380. The Morgan fingerprint density at radius 3 is 2.22 bits per heavy atom. The van der Waals surface area contributed by atoms with E-state index < -0.39 is 0 Å². The first kappa shape index (κ1) is 24.6. The van der Waals surface area contributed by atoms with Gasteiger partial charge in [0.05, 0.1) is 20.4 Å². The van der Waals surface area contributed by atoms with Crippen LogP contribution in [0, 0.1) is 5.92 Å². The fourth-order valence-corrected chi connectivity index (χ4v) is 4.52. The number of benzene rings is 2. The molecule has 2 heterocycles. The van der Waals surface area contributed by atoms with Gasteiger partial charge in [-0.1, -0.05) is 24.3 Å². The van der Waals surface area contributed by atoms with Crippen LogP contribution >= 0.6 is 0 Å². The van der Waals surface area contributed by atoms with E-state index >= 15 is 0 Å². The van der Waals surface area contributed by atoms with Gasteiger partial charge in [0.15, 0.2) is 0 Å². The average Bonchev–Trinajstić information content (AvgIpc) is 3.38. The van der Waals surface area contributed by atoms with Crippen LogP contribution in [-0.2, 0) is 0 Å². The number of methoxy groups -OCH3 is 2. The van der Waals surface area contributed by atoms with Crippen LogP contribution in [-0.4, -0.2) is 54.8 Å². The first-order chi connectivity index (χ1) is 18.2. The third kappa shape index (κ3) is 6.59. The van der Waals surface area contributed by atoms with E-state index in [1.165, 1.54) is 0 Å². The number of likely N-dealkylation sites (tertiary alicyclic amines) is 1. The zero-order valence-electron chi connectivity index (χ0n) is 21.2. The third-order valence-electron chi connectivity index (χ3n) is 6.47. The van der Waals surface area contributed by atoms with E-state index in [0.29, 0.717) is 23.3 Å². The molecule has 8 nitrogen and oxygen atoms in total. The molecule has 2 atom stereocenters. The van der Waals surface area contributed by atoms with Gasteiger partial charge in [-0.15, -0.1) is 0 Å². The first-order valence-electron chi connectivity index (χ1n) is 12.5. The molecular weight excluding hydrogens is 468 g/mol. The molecule has 0 radical (unpaired) electrons. The Bertz CT molecular complexity index is 1230. The summed E-state index contributed by atoms with van der Waals surface area (Å²) in [6, 6.07) is 15.1. The van der Waals surface area contributed by atoms with Crippen LogP contribution in [0.15, 0.2) is 79.0 Å². The second-order valence-corrected chi connectivity index (χ2v) is 9.12. The highest BCUT2D eigenvalue weighted by Crippen LogP contribution is 2.32. The molecule has 3 aromatic rings. The fourth-order valence-electron chi connectivity index (χ4n) is 4.52. The van der Waals surface area contributed by atoms with Crippen molar-refractivity contribution < 1.29 is 18.9 Å². The van der Waals surface area contributed by atoms with Gasteiger partial charge < -0.3 is 29.2 Å². The molecule has 1 aliphatic carbocycles. The van der Waals surface area contributed by atoms with Crippen LogP contribution in [0.1, 0.15) is 12.8 Å². The van der Waals surface area contributed by atoms with Gasteiger partial charge in [-0.3, -0.25) is 0 Å². The second-order valence-electron chi connectivity index (χ2n) is 9.12. The lowest BCUT2D eigenvalue weighted by atomic mass is 10.0. The van der Waals surface area contributed by atoms with Crippen molar-refractivity contribution in [2.45, 2.75) is 18.9 Å². The van der Waals surface area contributed by atoms with Crippen molar-refractivity contribution in [3.63, 3.8) is 0 Å². The normalized spacial score (nSPS) is 19.0. The van der Waals surface area contributed by atoms with Crippen LogP contribution in [0.5, 0.6) is 34.9 Å². The average molecular weight is 501 g/mol. The van der Waals surface area contributed by atoms with E-state index in [2.05, 4.69) is 44.5 Å². The number of nitrogens with one attached hydrogen (secondary N) is 1. The summed E-state index contributed by atoms with van der Waals surface area (Å²) in [7, 11) is 3.26. The van der Waals surface area contributed by atoms with E-state index in [0.717, 1.165) is 49.7 Å². The molecule has 1 aromatic heterocycles. The van der Waals surface area contributed by atoms with E-state index in [-0.39, 0.29) is 12.1 Å². The molecule has 37 heavy (non-hydrogen) atoms. The van der Waals surface area contributed by atoms with Gasteiger partial charge in [0.2, 0.25) is 5.88 Å². The van der Waals surface area contributed by atoms with E-state index in [1.807, 2.05) is 48.5 Å². The molecule has 0 amide bonds. The summed E-state index contributed by atoms with van der Waals surface area (Å²) in [4.78, 5) is 11.5. The van der Waals surface area contributed by atoms with Crippen LogP contribution in [0.2, 0.25) is 0 Å². The van der Waals surface area contributed by atoms with Gasteiger partial charge in [0, 0.05) is 25.7 Å². The largest absolute Gasteiger partial charge is 0.497 e. The maximum atomic E-state index is 6.18. The Hall–Kier alpha value is -4.04. The van der Waals surface area contributed by atoms with Crippen molar-refractivity contribution in [1.82, 2.24) is 14.9 Å². The number of rotatable bonds is 10. The minimum atomic E-state index is 0.199. The summed E-state index contributed by atoms with van der Waals surface area (Å²) in [5.74, 6) is 3.74. The predicted molar refractivity (Wildman–Crippen MR) is 143 cm³/mol. The molecule has 1 saturated heterocycles. The number of ether oxygens (including phenoxy) is 4. The first-order valence-corrected chi connectivity index (χ1v) is 12.5. The molecule has 5 rings (SSSR count). The Labute approximate surface area is 217 Å². The molecule has 192 valence electrons. The number of hydrogen-bond acceptors (Lipinski definition) is 8. The molecule has 2 unspecified atom stereocenters. The van der Waals surface area contributed by atoms with E-state index in [4.69, 9.17) is 18.9 Å². The van der Waals surface area contributed by atoms with Crippen molar-refractivity contribution in [2.24, 2.45) is 5.92 Å². The molecule has 2 aliphatic rings. The molecule has 1 fully saturated rings. The highest BCUT2D eigenvalue weighted by Gasteiger charge is 2.25. The Balaban J connectivity index is 1.30. The van der Waals surface area contributed by atoms with Crippen LogP contribution < -0.4 is 24.3 Å². The monoisotopic (exact) mass is 500 g/mol. The maximum absolute atomic E-state index is 6.18. The predicted octanol–water partition coefficient (Wildman–Crippen LogP) is 5.70. The summed E-state index contributed by atoms with van der Waals surface area (Å²) in [5.41, 5.74) is 0.727. The van der Waals surface area contributed by atoms with Gasteiger partial charge in [0.1, 0.15) is 28.7 Å². The molecule has 0 bridgehead atoms. The van der Waals surface area contributed by atoms with Crippen molar-refractivity contribution in [1.29, 1.82) is 0 Å².